The van der Waals surface area contributed by atoms with Gasteiger partial charge in [0.25, 0.3) is 0 Å². The van der Waals surface area contributed by atoms with Crippen molar-refractivity contribution in [3.8, 4) is 0 Å². The van der Waals surface area contributed by atoms with Crippen LogP contribution in [-0.2, 0) is 9.53 Å². The molecule has 9 atom stereocenters. The van der Waals surface area contributed by atoms with Crippen molar-refractivity contribution in [2.45, 2.75) is 99.3 Å². The molecular weight excluding hydrogens is 540 g/mol. The Balaban J connectivity index is 1.36. The van der Waals surface area contributed by atoms with Crippen LogP contribution in [0.3, 0.4) is 0 Å². The summed E-state index contributed by atoms with van der Waals surface area (Å²) in [5.74, 6) is 2.22. The fraction of sp³-hybridized carbons (Fsp3) is 0.684. The summed E-state index contributed by atoms with van der Waals surface area (Å²) in [4.78, 5) is 25.2. The summed E-state index contributed by atoms with van der Waals surface area (Å²) in [5.41, 5.74) is 4.81. The summed E-state index contributed by atoms with van der Waals surface area (Å²) in [6, 6.07) is 8.02. The third kappa shape index (κ3) is 3.83. The summed E-state index contributed by atoms with van der Waals surface area (Å²) < 4.78 is 4.93. The van der Waals surface area contributed by atoms with E-state index in [4.69, 9.17) is 16.3 Å². The van der Waals surface area contributed by atoms with Crippen molar-refractivity contribution in [3.63, 3.8) is 0 Å². The van der Waals surface area contributed by atoms with Gasteiger partial charge in [0, 0.05) is 5.41 Å². The lowest BCUT2D eigenvalue weighted by Gasteiger charge is -2.72. The molecule has 0 aromatic heterocycles. The number of allylic oxidation sites excluding steroid dienone is 3. The third-order valence-electron chi connectivity index (χ3n) is 14.7. The molecule has 3 nitrogen and oxygen atoms in total. The molecular formula is C38H51ClO3. The number of esters is 1. The Morgan fingerprint density at radius 1 is 0.881 bits per heavy atom. The molecule has 9 unspecified atom stereocenters. The monoisotopic (exact) mass is 590 g/mol. The first-order valence-corrected chi connectivity index (χ1v) is 16.8. The summed E-state index contributed by atoms with van der Waals surface area (Å²) in [6.45, 7) is 19.4. The number of benzene rings is 1. The molecule has 0 aliphatic heterocycles. The van der Waals surface area contributed by atoms with E-state index in [9.17, 15) is 9.59 Å². The lowest BCUT2D eigenvalue weighted by atomic mass is 9.32. The van der Waals surface area contributed by atoms with Gasteiger partial charge in [0.1, 0.15) is 0 Å². The maximum Gasteiger partial charge on any atom is 0.337 e. The van der Waals surface area contributed by atoms with Crippen molar-refractivity contribution in [1.82, 2.24) is 0 Å². The van der Waals surface area contributed by atoms with Crippen molar-refractivity contribution < 1.29 is 14.3 Å². The first-order chi connectivity index (χ1) is 19.7. The average Bonchev–Trinajstić information content (AvgIpc) is 3.34. The van der Waals surface area contributed by atoms with E-state index in [1.54, 1.807) is 0 Å². The van der Waals surface area contributed by atoms with Gasteiger partial charge in [0.15, 0.2) is 0 Å². The Hall–Kier alpha value is -1.87. The SMILES string of the molecule is C=C(C)C1CCC2(C(=O)Cl)CCC3(C)C(CCC4C5(C)CC=C(c6ccc(C(=O)OC)cc6)C(C)(C)C5CCC43C)C12. The Morgan fingerprint density at radius 2 is 1.57 bits per heavy atom. The topological polar surface area (TPSA) is 43.4 Å². The highest BCUT2D eigenvalue weighted by Gasteiger charge is 2.71. The summed E-state index contributed by atoms with van der Waals surface area (Å²) in [5, 5.41) is -0.0763. The number of halogens is 1. The van der Waals surface area contributed by atoms with E-state index in [2.05, 4.69) is 66.3 Å². The normalized spacial score (nSPS) is 43.6. The summed E-state index contributed by atoms with van der Waals surface area (Å²) in [6.07, 6.45) is 12.6. The molecule has 0 spiro atoms. The zero-order chi connectivity index (χ0) is 30.5. The molecule has 1 aromatic rings. The summed E-state index contributed by atoms with van der Waals surface area (Å²) >= 11 is 6.51. The van der Waals surface area contributed by atoms with Crippen molar-refractivity contribution in [1.29, 1.82) is 0 Å². The van der Waals surface area contributed by atoms with Crippen LogP contribution in [0.2, 0.25) is 0 Å². The second-order valence-corrected chi connectivity index (χ2v) is 16.6. The molecule has 42 heavy (non-hydrogen) atoms. The van der Waals surface area contributed by atoms with E-state index in [0.29, 0.717) is 35.2 Å². The minimum Gasteiger partial charge on any atom is -0.465 e. The highest BCUT2D eigenvalue weighted by Crippen LogP contribution is 2.77. The van der Waals surface area contributed by atoms with Gasteiger partial charge in [-0.25, -0.2) is 4.79 Å². The molecule has 0 N–H and O–H groups in total. The van der Waals surface area contributed by atoms with Crippen LogP contribution in [-0.4, -0.2) is 18.3 Å². The summed E-state index contributed by atoms with van der Waals surface area (Å²) in [7, 11) is 1.43. The highest BCUT2D eigenvalue weighted by molar-refractivity contribution is 6.64. The van der Waals surface area contributed by atoms with Crippen molar-refractivity contribution in [3.05, 3.63) is 53.6 Å². The van der Waals surface area contributed by atoms with Crippen LogP contribution in [0, 0.1) is 56.7 Å². The molecule has 0 radical (unpaired) electrons. The Kier molecular flexibility index (Phi) is 7.05. The van der Waals surface area contributed by atoms with Gasteiger partial charge in [-0.3, -0.25) is 4.79 Å². The first-order valence-electron chi connectivity index (χ1n) is 16.4. The van der Waals surface area contributed by atoms with Crippen molar-refractivity contribution >= 4 is 28.4 Å². The maximum atomic E-state index is 13.1. The molecule has 6 rings (SSSR count). The van der Waals surface area contributed by atoms with E-state index < -0.39 is 0 Å². The number of carbonyl (C=O) groups excluding carboxylic acids is 2. The largest absolute Gasteiger partial charge is 0.465 e. The minimum absolute atomic E-state index is 0.0299. The zero-order valence-corrected chi connectivity index (χ0v) is 27.7. The van der Waals surface area contributed by atoms with Crippen LogP contribution < -0.4 is 0 Å². The number of ether oxygens (including phenoxy) is 1. The van der Waals surface area contributed by atoms with E-state index in [1.807, 2.05) is 12.1 Å². The molecule has 0 saturated heterocycles. The zero-order valence-electron chi connectivity index (χ0n) is 26.9. The van der Waals surface area contributed by atoms with Gasteiger partial charge in [-0.2, -0.15) is 0 Å². The molecule has 228 valence electrons. The van der Waals surface area contributed by atoms with Crippen molar-refractivity contribution in [2.75, 3.05) is 7.11 Å². The first kappa shape index (κ1) is 30.2. The molecule has 4 heteroatoms. The van der Waals surface area contributed by atoms with Crippen LogP contribution in [0.5, 0.6) is 0 Å². The van der Waals surface area contributed by atoms with Gasteiger partial charge in [-0.1, -0.05) is 65.0 Å². The van der Waals surface area contributed by atoms with Crippen LogP contribution in [0.4, 0.5) is 0 Å². The molecule has 0 heterocycles. The van der Waals surface area contributed by atoms with Crippen molar-refractivity contribution in [2.24, 2.45) is 56.7 Å². The second kappa shape index (κ2) is 9.82. The van der Waals surface area contributed by atoms with E-state index in [-0.39, 0.29) is 38.3 Å². The van der Waals surface area contributed by atoms with Crippen LogP contribution >= 0.6 is 11.6 Å². The number of fused-ring (bicyclic) bond motifs is 7. The second-order valence-electron chi connectivity index (χ2n) is 16.2. The number of hydrogen-bond donors (Lipinski definition) is 0. The highest BCUT2D eigenvalue weighted by atomic mass is 35.5. The average molecular weight is 591 g/mol. The van der Waals surface area contributed by atoms with Crippen LogP contribution in [0.1, 0.15) is 115 Å². The van der Waals surface area contributed by atoms with Gasteiger partial charge in [0.05, 0.1) is 12.7 Å². The Labute approximate surface area is 258 Å². The number of methoxy groups -OCH3 is 1. The maximum absolute atomic E-state index is 13.1. The van der Waals surface area contributed by atoms with E-state index >= 15 is 0 Å². The van der Waals surface area contributed by atoms with Gasteiger partial charge >= 0.3 is 5.97 Å². The Morgan fingerprint density at radius 3 is 2.19 bits per heavy atom. The quantitative estimate of drug-likeness (QED) is 0.199. The fourth-order valence-electron chi connectivity index (χ4n) is 12.5. The molecule has 5 aliphatic carbocycles. The molecule has 4 fully saturated rings. The van der Waals surface area contributed by atoms with E-state index in [0.717, 1.165) is 32.1 Å². The Bertz CT molecular complexity index is 1340. The lowest BCUT2D eigenvalue weighted by Crippen LogP contribution is -2.65. The van der Waals surface area contributed by atoms with E-state index in [1.165, 1.54) is 49.5 Å². The molecule has 0 amide bonds. The fourth-order valence-corrected chi connectivity index (χ4v) is 12.8. The van der Waals surface area contributed by atoms with Crippen LogP contribution in [0.15, 0.2) is 42.5 Å². The predicted molar refractivity (Wildman–Crippen MR) is 171 cm³/mol. The standard InChI is InChI=1S/C38H51ClO3/c1-23(2)26-15-20-38(33(39)41)22-21-36(6)28(31(26)38)13-14-30-35(5)18-16-27(24-9-11-25(12-10-24)32(40)42-8)34(3,4)29(35)17-19-37(30,36)7/h9-12,16,26,28-31H,1,13-15,17-22H2,2-8H3. The van der Waals surface area contributed by atoms with Gasteiger partial charge < -0.3 is 4.74 Å². The number of hydrogen-bond acceptors (Lipinski definition) is 3. The molecule has 0 bridgehead atoms. The number of carbonyl (C=O) groups is 2. The number of rotatable bonds is 4. The molecule has 4 saturated carbocycles. The molecule has 1 aromatic carbocycles. The van der Waals surface area contributed by atoms with Gasteiger partial charge in [-0.15, -0.1) is 0 Å². The molecule has 5 aliphatic rings. The van der Waals surface area contributed by atoms with Gasteiger partial charge in [0.2, 0.25) is 5.24 Å². The predicted octanol–water partition coefficient (Wildman–Crippen LogP) is 9.89. The third-order valence-corrected chi connectivity index (χ3v) is 15.0. The minimum atomic E-state index is -0.354. The lowest BCUT2D eigenvalue weighted by molar-refractivity contribution is -0.223. The smallest absolute Gasteiger partial charge is 0.337 e. The van der Waals surface area contributed by atoms with Gasteiger partial charge in [-0.05, 0) is 151 Å². The van der Waals surface area contributed by atoms with Crippen LogP contribution in [0.25, 0.3) is 5.57 Å².